The quantitative estimate of drug-likeness (QED) is 0.833. The molecule has 1 atom stereocenters. The summed E-state index contributed by atoms with van der Waals surface area (Å²) in [6, 6.07) is 0.404. The van der Waals surface area contributed by atoms with Crippen LogP contribution in [0.1, 0.15) is 52.4 Å². The summed E-state index contributed by atoms with van der Waals surface area (Å²) in [7, 11) is 0. The number of hydrogen-bond acceptors (Lipinski definition) is 3. The lowest BCUT2D eigenvalue weighted by molar-refractivity contribution is -0.124. The molecule has 2 fully saturated rings. The molecule has 1 aliphatic carbocycles. The lowest BCUT2D eigenvalue weighted by atomic mass is 9.92. The number of amides is 1. The fourth-order valence-electron chi connectivity index (χ4n) is 2.94. The Morgan fingerprint density at radius 1 is 1.21 bits per heavy atom. The standard InChI is InChI=1S/C14H26N2O2.ClH/c1-10(2)18-12-7-5-11(6-8-12)16-14(17)13-4-3-9-15-13;/h10-13,15H,3-9H2,1-2H3,(H,16,17);1H. The Morgan fingerprint density at radius 3 is 2.42 bits per heavy atom. The van der Waals surface area contributed by atoms with E-state index in [1.165, 1.54) is 0 Å². The minimum absolute atomic E-state index is 0. The summed E-state index contributed by atoms with van der Waals surface area (Å²) in [4.78, 5) is 12.0. The Balaban J connectivity index is 0.00000180. The first-order valence-electron chi connectivity index (χ1n) is 7.34. The molecular formula is C14H27ClN2O2. The molecule has 5 heteroatoms. The van der Waals surface area contributed by atoms with Crippen LogP contribution in [0.2, 0.25) is 0 Å². The van der Waals surface area contributed by atoms with E-state index in [2.05, 4.69) is 24.5 Å². The van der Waals surface area contributed by atoms with Gasteiger partial charge in [0, 0.05) is 6.04 Å². The van der Waals surface area contributed by atoms with E-state index in [1.54, 1.807) is 0 Å². The molecule has 112 valence electrons. The molecule has 1 saturated carbocycles. The van der Waals surface area contributed by atoms with Crippen molar-refractivity contribution in [2.75, 3.05) is 6.54 Å². The van der Waals surface area contributed by atoms with Crippen molar-refractivity contribution in [3.05, 3.63) is 0 Å². The molecule has 0 aromatic rings. The molecular weight excluding hydrogens is 264 g/mol. The van der Waals surface area contributed by atoms with Crippen LogP contribution in [0.15, 0.2) is 0 Å². The van der Waals surface area contributed by atoms with Gasteiger partial charge in [0.1, 0.15) is 0 Å². The molecule has 1 amide bonds. The molecule has 4 nitrogen and oxygen atoms in total. The van der Waals surface area contributed by atoms with Gasteiger partial charge in [-0.3, -0.25) is 4.79 Å². The highest BCUT2D eigenvalue weighted by Crippen LogP contribution is 2.22. The predicted molar refractivity (Wildman–Crippen MR) is 78.7 cm³/mol. The van der Waals surface area contributed by atoms with Crippen LogP contribution in [-0.2, 0) is 9.53 Å². The molecule has 0 aromatic heterocycles. The molecule has 0 aromatic carbocycles. The normalized spacial score (nSPS) is 31.0. The van der Waals surface area contributed by atoms with E-state index < -0.39 is 0 Å². The van der Waals surface area contributed by atoms with E-state index in [1.807, 2.05) is 0 Å². The first-order valence-corrected chi connectivity index (χ1v) is 7.34. The first kappa shape index (κ1) is 16.7. The van der Waals surface area contributed by atoms with Crippen LogP contribution in [0.5, 0.6) is 0 Å². The summed E-state index contributed by atoms with van der Waals surface area (Å²) in [6.45, 7) is 5.15. The van der Waals surface area contributed by atoms with Gasteiger partial charge in [-0.15, -0.1) is 12.4 Å². The maximum Gasteiger partial charge on any atom is 0.237 e. The van der Waals surface area contributed by atoms with E-state index in [0.29, 0.717) is 18.2 Å². The molecule has 1 unspecified atom stereocenters. The molecule has 19 heavy (non-hydrogen) atoms. The number of hydrogen-bond donors (Lipinski definition) is 2. The van der Waals surface area contributed by atoms with E-state index in [9.17, 15) is 4.79 Å². The maximum absolute atomic E-state index is 12.0. The van der Waals surface area contributed by atoms with Gasteiger partial charge in [0.15, 0.2) is 0 Å². The average molecular weight is 291 g/mol. The van der Waals surface area contributed by atoms with E-state index in [0.717, 1.165) is 45.1 Å². The van der Waals surface area contributed by atoms with Crippen molar-refractivity contribution < 1.29 is 9.53 Å². The smallest absolute Gasteiger partial charge is 0.237 e. The van der Waals surface area contributed by atoms with Crippen LogP contribution in [0.4, 0.5) is 0 Å². The van der Waals surface area contributed by atoms with Crippen LogP contribution in [-0.4, -0.2) is 36.7 Å². The first-order chi connectivity index (χ1) is 8.65. The Labute approximate surface area is 122 Å². The third kappa shape index (κ3) is 5.28. The summed E-state index contributed by atoms with van der Waals surface area (Å²) in [6.07, 6.45) is 7.05. The Bertz CT molecular complexity index is 273. The Kier molecular flexibility index (Phi) is 7.11. The van der Waals surface area contributed by atoms with E-state index in [4.69, 9.17) is 4.74 Å². The third-order valence-electron chi connectivity index (χ3n) is 3.86. The van der Waals surface area contributed by atoms with Gasteiger partial charge in [0.2, 0.25) is 5.91 Å². The molecule has 2 rings (SSSR count). The SMILES string of the molecule is CC(C)OC1CCC(NC(=O)C2CCCN2)CC1.Cl. The lowest BCUT2D eigenvalue weighted by Crippen LogP contribution is -2.46. The molecule has 1 heterocycles. The van der Waals surface area contributed by atoms with Crippen molar-refractivity contribution in [2.45, 2.75) is 76.7 Å². The summed E-state index contributed by atoms with van der Waals surface area (Å²) in [5.74, 6) is 0.195. The van der Waals surface area contributed by atoms with Gasteiger partial charge in [-0.05, 0) is 58.9 Å². The van der Waals surface area contributed by atoms with Crippen molar-refractivity contribution in [2.24, 2.45) is 0 Å². The third-order valence-corrected chi connectivity index (χ3v) is 3.86. The average Bonchev–Trinajstić information content (AvgIpc) is 2.84. The molecule has 2 N–H and O–H groups in total. The second-order valence-electron chi connectivity index (χ2n) is 5.82. The number of halogens is 1. The van der Waals surface area contributed by atoms with Crippen molar-refractivity contribution >= 4 is 18.3 Å². The summed E-state index contributed by atoms with van der Waals surface area (Å²) in [5.41, 5.74) is 0. The van der Waals surface area contributed by atoms with Crippen molar-refractivity contribution in [3.8, 4) is 0 Å². The second-order valence-corrected chi connectivity index (χ2v) is 5.82. The number of ether oxygens (including phenoxy) is 1. The highest BCUT2D eigenvalue weighted by Gasteiger charge is 2.27. The van der Waals surface area contributed by atoms with Gasteiger partial charge in [-0.1, -0.05) is 0 Å². The van der Waals surface area contributed by atoms with Crippen LogP contribution < -0.4 is 10.6 Å². The Morgan fingerprint density at radius 2 is 1.89 bits per heavy atom. The summed E-state index contributed by atoms with van der Waals surface area (Å²) >= 11 is 0. The molecule has 2 aliphatic rings. The van der Waals surface area contributed by atoms with E-state index >= 15 is 0 Å². The van der Waals surface area contributed by atoms with Crippen LogP contribution >= 0.6 is 12.4 Å². The van der Waals surface area contributed by atoms with Gasteiger partial charge in [0.05, 0.1) is 18.2 Å². The highest BCUT2D eigenvalue weighted by molar-refractivity contribution is 5.85. The minimum Gasteiger partial charge on any atom is -0.376 e. The largest absolute Gasteiger partial charge is 0.376 e. The molecule has 1 saturated heterocycles. The van der Waals surface area contributed by atoms with Gasteiger partial charge in [0.25, 0.3) is 0 Å². The Hall–Kier alpha value is -0.320. The van der Waals surface area contributed by atoms with Crippen molar-refractivity contribution in [1.29, 1.82) is 0 Å². The fraction of sp³-hybridized carbons (Fsp3) is 0.929. The zero-order valence-electron chi connectivity index (χ0n) is 12.0. The van der Waals surface area contributed by atoms with Crippen molar-refractivity contribution in [1.82, 2.24) is 10.6 Å². The predicted octanol–water partition coefficient (Wildman–Crippen LogP) is 2.01. The molecule has 0 spiro atoms. The zero-order valence-corrected chi connectivity index (χ0v) is 12.8. The summed E-state index contributed by atoms with van der Waals surface area (Å²) < 4.78 is 5.82. The topological polar surface area (TPSA) is 50.4 Å². The monoisotopic (exact) mass is 290 g/mol. The van der Waals surface area contributed by atoms with E-state index in [-0.39, 0.29) is 24.4 Å². The molecule has 0 radical (unpaired) electrons. The van der Waals surface area contributed by atoms with Gasteiger partial charge >= 0.3 is 0 Å². The van der Waals surface area contributed by atoms with Crippen LogP contribution in [0.3, 0.4) is 0 Å². The highest BCUT2D eigenvalue weighted by atomic mass is 35.5. The van der Waals surface area contributed by atoms with Gasteiger partial charge in [-0.2, -0.15) is 0 Å². The van der Waals surface area contributed by atoms with Crippen LogP contribution in [0.25, 0.3) is 0 Å². The number of nitrogens with one attached hydrogen (secondary N) is 2. The second kappa shape index (κ2) is 8.08. The number of carbonyl (C=O) groups excluding carboxylic acids is 1. The maximum atomic E-state index is 12.0. The van der Waals surface area contributed by atoms with Gasteiger partial charge in [-0.25, -0.2) is 0 Å². The fourth-order valence-corrected chi connectivity index (χ4v) is 2.94. The zero-order chi connectivity index (χ0) is 13.0. The number of rotatable bonds is 4. The number of carbonyl (C=O) groups is 1. The summed E-state index contributed by atoms with van der Waals surface area (Å²) in [5, 5.41) is 6.42. The van der Waals surface area contributed by atoms with Crippen molar-refractivity contribution in [3.63, 3.8) is 0 Å². The van der Waals surface area contributed by atoms with Crippen LogP contribution in [0, 0.1) is 0 Å². The molecule has 1 aliphatic heterocycles. The molecule has 0 bridgehead atoms. The lowest BCUT2D eigenvalue weighted by Gasteiger charge is -2.30. The van der Waals surface area contributed by atoms with Gasteiger partial charge < -0.3 is 15.4 Å². The minimum atomic E-state index is 0.